The molecule has 0 nitrogen and oxygen atoms in total. The van der Waals surface area contributed by atoms with E-state index < -0.39 is 0 Å². The Bertz CT molecular complexity index is 1210. The molecular formula is C40H51F. The summed E-state index contributed by atoms with van der Waals surface area (Å²) < 4.78 is 15.1. The highest BCUT2D eigenvalue weighted by Crippen LogP contribution is 2.40. The van der Waals surface area contributed by atoms with Crippen molar-refractivity contribution in [2.45, 2.75) is 109 Å². The second-order valence-electron chi connectivity index (χ2n) is 13.3. The van der Waals surface area contributed by atoms with Gasteiger partial charge >= 0.3 is 0 Å². The van der Waals surface area contributed by atoms with Crippen molar-refractivity contribution in [1.29, 1.82) is 0 Å². The molecule has 0 bridgehead atoms. The summed E-state index contributed by atoms with van der Waals surface area (Å²) in [4.78, 5) is 0. The van der Waals surface area contributed by atoms with Crippen LogP contribution in [0.1, 0.15) is 131 Å². The minimum atomic E-state index is -0.0937. The van der Waals surface area contributed by atoms with Gasteiger partial charge in [0.05, 0.1) is 0 Å². The molecule has 0 aromatic heterocycles. The van der Waals surface area contributed by atoms with Gasteiger partial charge in [-0.25, -0.2) is 4.39 Å². The summed E-state index contributed by atoms with van der Waals surface area (Å²) in [6.45, 7) is 4.68. The maximum Gasteiger partial charge on any atom is 0.130 e. The van der Waals surface area contributed by atoms with Crippen LogP contribution in [0.3, 0.4) is 0 Å². The Morgan fingerprint density at radius 1 is 0.732 bits per heavy atom. The molecule has 1 heteroatoms. The fourth-order valence-electron chi connectivity index (χ4n) is 7.65. The highest BCUT2D eigenvalue weighted by Gasteiger charge is 2.25. The number of benzene rings is 3. The van der Waals surface area contributed by atoms with Gasteiger partial charge in [0.1, 0.15) is 5.82 Å². The Hall–Kier alpha value is -2.67. The van der Waals surface area contributed by atoms with E-state index in [1.165, 1.54) is 100 Å². The van der Waals surface area contributed by atoms with Crippen LogP contribution in [-0.4, -0.2) is 0 Å². The maximum atomic E-state index is 15.1. The molecule has 2 saturated carbocycles. The number of rotatable bonds is 11. The van der Waals surface area contributed by atoms with Crippen LogP contribution in [0.25, 0.3) is 12.2 Å². The van der Waals surface area contributed by atoms with Crippen LogP contribution in [0.4, 0.5) is 4.39 Å². The molecule has 2 aliphatic carbocycles. The molecule has 0 saturated heterocycles. The van der Waals surface area contributed by atoms with Crippen molar-refractivity contribution < 1.29 is 4.39 Å². The van der Waals surface area contributed by atoms with Gasteiger partial charge in [-0.05, 0) is 103 Å². The lowest BCUT2D eigenvalue weighted by Gasteiger charge is -2.30. The summed E-state index contributed by atoms with van der Waals surface area (Å²) in [5.41, 5.74) is 5.88. The quantitative estimate of drug-likeness (QED) is 0.208. The van der Waals surface area contributed by atoms with Crippen LogP contribution in [0.5, 0.6) is 0 Å². The van der Waals surface area contributed by atoms with Gasteiger partial charge in [-0.3, -0.25) is 0 Å². The molecule has 2 aliphatic rings. The van der Waals surface area contributed by atoms with Gasteiger partial charge in [0.25, 0.3) is 0 Å². The lowest BCUT2D eigenvalue weighted by atomic mass is 9.75. The van der Waals surface area contributed by atoms with E-state index in [0.29, 0.717) is 17.4 Å². The van der Waals surface area contributed by atoms with Crippen molar-refractivity contribution in [1.82, 2.24) is 0 Å². The van der Waals surface area contributed by atoms with E-state index >= 15 is 4.39 Å². The summed E-state index contributed by atoms with van der Waals surface area (Å²) >= 11 is 0. The SMILES string of the molecule is CCCC1CCC(CCc2ccc(C=Cc3ccc(C4CCC(C[C@@H](C)c5ccccc5)CC4)cc3F)cc2)CC1. The number of aryl methyl sites for hydroxylation is 1. The lowest BCUT2D eigenvalue weighted by Crippen LogP contribution is -2.15. The summed E-state index contributed by atoms with van der Waals surface area (Å²) in [6, 6.07) is 25.7. The Labute approximate surface area is 249 Å². The fourth-order valence-corrected chi connectivity index (χ4v) is 7.65. The highest BCUT2D eigenvalue weighted by atomic mass is 19.1. The standard InChI is InChI=1S/C40H51F/c1-3-7-31-10-12-32(13-11-31)14-15-33-16-18-34(19-17-33)20-25-38-26-27-39(29-40(38)41)37-23-21-35(22-24-37)28-30(2)36-8-5-4-6-9-36/h4-6,8-9,16-20,25-27,29-32,35,37H,3,7,10-15,21-24,28H2,1-2H3/t30-,31?,32?,35?,37?/m1/s1. The summed E-state index contributed by atoms with van der Waals surface area (Å²) in [5.74, 6) is 3.69. The van der Waals surface area contributed by atoms with Crippen molar-refractivity contribution in [3.8, 4) is 0 Å². The van der Waals surface area contributed by atoms with Gasteiger partial charge in [0, 0.05) is 5.56 Å². The monoisotopic (exact) mass is 550 g/mol. The second-order valence-corrected chi connectivity index (χ2v) is 13.3. The predicted molar refractivity (Wildman–Crippen MR) is 175 cm³/mol. The Morgan fingerprint density at radius 2 is 1.39 bits per heavy atom. The smallest absolute Gasteiger partial charge is 0.130 e. The average molecular weight is 551 g/mol. The molecule has 0 unspecified atom stereocenters. The molecule has 41 heavy (non-hydrogen) atoms. The Balaban J connectivity index is 1.07. The van der Waals surface area contributed by atoms with Gasteiger partial charge in [-0.15, -0.1) is 0 Å². The minimum Gasteiger partial charge on any atom is -0.206 e. The van der Waals surface area contributed by atoms with Crippen molar-refractivity contribution in [2.24, 2.45) is 17.8 Å². The van der Waals surface area contributed by atoms with E-state index in [2.05, 4.69) is 80.6 Å². The minimum absolute atomic E-state index is 0.0937. The van der Waals surface area contributed by atoms with Crippen molar-refractivity contribution in [3.63, 3.8) is 0 Å². The molecule has 0 amide bonds. The van der Waals surface area contributed by atoms with Crippen LogP contribution >= 0.6 is 0 Å². The molecule has 218 valence electrons. The molecule has 0 radical (unpaired) electrons. The van der Waals surface area contributed by atoms with Gasteiger partial charge in [0.2, 0.25) is 0 Å². The van der Waals surface area contributed by atoms with Crippen molar-refractivity contribution in [3.05, 3.63) is 106 Å². The maximum absolute atomic E-state index is 15.1. The number of halogens is 1. The Morgan fingerprint density at radius 3 is 2.05 bits per heavy atom. The van der Waals surface area contributed by atoms with E-state index in [-0.39, 0.29) is 5.82 Å². The number of hydrogen-bond acceptors (Lipinski definition) is 0. The van der Waals surface area contributed by atoms with Crippen LogP contribution in [-0.2, 0) is 6.42 Å². The van der Waals surface area contributed by atoms with Gasteiger partial charge in [-0.2, -0.15) is 0 Å². The highest BCUT2D eigenvalue weighted by molar-refractivity contribution is 5.70. The van der Waals surface area contributed by atoms with Crippen molar-refractivity contribution >= 4 is 12.2 Å². The van der Waals surface area contributed by atoms with E-state index in [9.17, 15) is 0 Å². The summed E-state index contributed by atoms with van der Waals surface area (Å²) in [7, 11) is 0. The number of hydrogen-bond donors (Lipinski definition) is 0. The van der Waals surface area contributed by atoms with Crippen LogP contribution in [0.2, 0.25) is 0 Å². The molecule has 1 atom stereocenters. The van der Waals surface area contributed by atoms with Crippen LogP contribution < -0.4 is 0 Å². The molecular weight excluding hydrogens is 499 g/mol. The van der Waals surface area contributed by atoms with E-state index in [1.54, 1.807) is 6.07 Å². The topological polar surface area (TPSA) is 0 Å². The molecule has 0 N–H and O–H groups in total. The molecule has 0 spiro atoms. The third-order valence-electron chi connectivity index (χ3n) is 10.3. The largest absolute Gasteiger partial charge is 0.206 e. The summed E-state index contributed by atoms with van der Waals surface area (Å²) in [6.07, 6.45) is 21.1. The summed E-state index contributed by atoms with van der Waals surface area (Å²) in [5, 5.41) is 0. The average Bonchev–Trinajstić information content (AvgIpc) is 3.01. The molecule has 3 aromatic carbocycles. The zero-order chi connectivity index (χ0) is 28.4. The molecule has 0 aliphatic heterocycles. The molecule has 5 rings (SSSR count). The van der Waals surface area contributed by atoms with E-state index in [1.807, 2.05) is 12.1 Å². The lowest BCUT2D eigenvalue weighted by molar-refractivity contribution is 0.252. The van der Waals surface area contributed by atoms with Gasteiger partial charge in [-0.1, -0.05) is 131 Å². The van der Waals surface area contributed by atoms with Crippen LogP contribution in [0.15, 0.2) is 72.8 Å². The van der Waals surface area contributed by atoms with E-state index in [0.717, 1.165) is 23.3 Å². The second kappa shape index (κ2) is 15.0. The third-order valence-corrected chi connectivity index (χ3v) is 10.3. The van der Waals surface area contributed by atoms with Crippen LogP contribution in [0, 0.1) is 23.6 Å². The zero-order valence-electron chi connectivity index (χ0n) is 25.5. The molecule has 0 heterocycles. The first-order valence-corrected chi connectivity index (χ1v) is 16.7. The Kier molecular flexibility index (Phi) is 10.9. The third kappa shape index (κ3) is 8.67. The normalized spacial score (nSPS) is 24.0. The zero-order valence-corrected chi connectivity index (χ0v) is 25.5. The molecule has 2 fully saturated rings. The fraction of sp³-hybridized carbons (Fsp3) is 0.500. The van der Waals surface area contributed by atoms with Crippen molar-refractivity contribution in [2.75, 3.05) is 0 Å². The van der Waals surface area contributed by atoms with E-state index in [4.69, 9.17) is 0 Å². The van der Waals surface area contributed by atoms with Gasteiger partial charge in [0.15, 0.2) is 0 Å². The first-order valence-electron chi connectivity index (χ1n) is 16.7. The predicted octanol–water partition coefficient (Wildman–Crippen LogP) is 12.0. The molecule has 3 aromatic rings. The van der Waals surface area contributed by atoms with Gasteiger partial charge < -0.3 is 0 Å². The first-order chi connectivity index (χ1) is 20.1. The first kappa shape index (κ1) is 29.8.